The molecule has 0 atom stereocenters. The summed E-state index contributed by atoms with van der Waals surface area (Å²) in [5, 5.41) is 2.02. The minimum absolute atomic E-state index is 0.0626. The molecule has 3 aromatic rings. The molecule has 0 aliphatic rings. The van der Waals surface area contributed by atoms with E-state index in [2.05, 4.69) is 59.6 Å². The van der Waals surface area contributed by atoms with Crippen LogP contribution in [-0.2, 0) is 15.4 Å². The van der Waals surface area contributed by atoms with Crippen LogP contribution in [0.3, 0.4) is 0 Å². The largest absolute Gasteiger partial charge is 0.495 e. The summed E-state index contributed by atoms with van der Waals surface area (Å²) in [5.74, 6) is 0.855. The van der Waals surface area contributed by atoms with Gasteiger partial charge in [0.1, 0.15) is 5.75 Å². The summed E-state index contributed by atoms with van der Waals surface area (Å²) in [5.41, 5.74) is 3.81. The molecule has 0 saturated carbocycles. The molecule has 0 bridgehead atoms. The summed E-state index contributed by atoms with van der Waals surface area (Å²) in [6, 6.07) is 15.9. The van der Waals surface area contributed by atoms with Gasteiger partial charge < -0.3 is 4.74 Å². The second kappa shape index (κ2) is 7.41. The fourth-order valence-electron chi connectivity index (χ4n) is 3.23. The van der Waals surface area contributed by atoms with E-state index in [1.807, 2.05) is 24.3 Å². The zero-order valence-electron chi connectivity index (χ0n) is 16.6. The van der Waals surface area contributed by atoms with Gasteiger partial charge in [0.25, 0.3) is 0 Å². The maximum absolute atomic E-state index is 11.4. The Kier molecular flexibility index (Phi) is 5.47. The molecular weight excluding hydrogens is 438 g/mol. The molecular formula is C22H24BrNO3S. The van der Waals surface area contributed by atoms with Crippen LogP contribution in [0, 0.1) is 0 Å². The van der Waals surface area contributed by atoms with Crippen LogP contribution in [-0.4, -0.2) is 21.8 Å². The number of rotatable bonds is 4. The first-order valence-corrected chi connectivity index (χ1v) is 11.6. The molecule has 4 nitrogen and oxygen atoms in total. The van der Waals surface area contributed by atoms with Crippen molar-refractivity contribution in [2.75, 3.05) is 18.1 Å². The third-order valence-electron chi connectivity index (χ3n) is 4.53. The Labute approximate surface area is 175 Å². The third-order valence-corrected chi connectivity index (χ3v) is 5.73. The van der Waals surface area contributed by atoms with Crippen molar-refractivity contribution in [1.29, 1.82) is 0 Å². The van der Waals surface area contributed by atoms with E-state index in [1.54, 1.807) is 13.2 Å². The molecule has 0 spiro atoms. The van der Waals surface area contributed by atoms with E-state index >= 15 is 0 Å². The predicted octanol–water partition coefficient (Wildman–Crippen LogP) is 5.95. The van der Waals surface area contributed by atoms with Crippen molar-refractivity contribution in [2.45, 2.75) is 26.2 Å². The zero-order valence-corrected chi connectivity index (χ0v) is 19.0. The lowest BCUT2D eigenvalue weighted by Crippen LogP contribution is -2.13. The summed E-state index contributed by atoms with van der Waals surface area (Å²) < 4.78 is 31.9. The third kappa shape index (κ3) is 4.50. The molecule has 0 radical (unpaired) electrons. The smallest absolute Gasteiger partial charge is 0.229 e. The van der Waals surface area contributed by atoms with Crippen molar-refractivity contribution in [3.63, 3.8) is 0 Å². The number of hydrogen-bond donors (Lipinski definition) is 1. The van der Waals surface area contributed by atoms with E-state index in [1.165, 1.54) is 0 Å². The molecule has 1 N–H and O–H groups in total. The number of methoxy groups -OCH3 is 1. The van der Waals surface area contributed by atoms with Crippen LogP contribution in [0.4, 0.5) is 5.69 Å². The minimum atomic E-state index is -3.29. The van der Waals surface area contributed by atoms with Gasteiger partial charge in [0.15, 0.2) is 0 Å². The highest BCUT2D eigenvalue weighted by atomic mass is 79.9. The maximum Gasteiger partial charge on any atom is 0.229 e. The molecule has 0 heterocycles. The van der Waals surface area contributed by atoms with Gasteiger partial charge >= 0.3 is 0 Å². The summed E-state index contributed by atoms with van der Waals surface area (Å²) in [7, 11) is -1.61. The summed E-state index contributed by atoms with van der Waals surface area (Å²) in [6.07, 6.45) is 1.15. The second-order valence-electron chi connectivity index (χ2n) is 7.94. The highest BCUT2D eigenvalue weighted by Gasteiger charge is 2.22. The Morgan fingerprint density at radius 1 is 0.929 bits per heavy atom. The first-order valence-electron chi connectivity index (χ1n) is 8.88. The fraction of sp³-hybridized carbons (Fsp3) is 0.273. The van der Waals surface area contributed by atoms with Crippen LogP contribution < -0.4 is 9.46 Å². The second-order valence-corrected chi connectivity index (χ2v) is 10.5. The van der Waals surface area contributed by atoms with Gasteiger partial charge in [-0.25, -0.2) is 8.42 Å². The van der Waals surface area contributed by atoms with E-state index < -0.39 is 10.0 Å². The van der Waals surface area contributed by atoms with Gasteiger partial charge in [-0.3, -0.25) is 4.72 Å². The van der Waals surface area contributed by atoms with E-state index in [9.17, 15) is 8.42 Å². The van der Waals surface area contributed by atoms with Crippen molar-refractivity contribution in [3.8, 4) is 16.9 Å². The average Bonchev–Trinajstić information content (AvgIpc) is 2.58. The first kappa shape index (κ1) is 20.7. The number of hydrogen-bond acceptors (Lipinski definition) is 3. The molecule has 28 heavy (non-hydrogen) atoms. The molecule has 0 aliphatic heterocycles. The number of anilines is 1. The number of fused-ring (bicyclic) bond motifs is 1. The molecule has 0 aromatic heterocycles. The summed E-state index contributed by atoms with van der Waals surface area (Å²) in [4.78, 5) is 0. The van der Waals surface area contributed by atoms with Crippen LogP contribution in [0.5, 0.6) is 5.75 Å². The van der Waals surface area contributed by atoms with Crippen molar-refractivity contribution >= 4 is 42.4 Å². The Balaban J connectivity index is 2.09. The molecule has 0 saturated heterocycles. The highest BCUT2D eigenvalue weighted by Crippen LogP contribution is 2.41. The zero-order chi connectivity index (χ0) is 20.7. The van der Waals surface area contributed by atoms with Crippen LogP contribution in [0.25, 0.3) is 21.9 Å². The Morgan fingerprint density at radius 2 is 1.57 bits per heavy atom. The normalized spacial score (nSPS) is 12.2. The lowest BCUT2D eigenvalue weighted by Gasteiger charge is -2.24. The minimum Gasteiger partial charge on any atom is -0.495 e. The standard InChI is InChI=1S/C22H24BrNO3S/c1-22(2,3)19-12-17(13-20(23)21(19)27-4)15-6-7-16-11-18(24-28(5,25)26)9-8-14(16)10-15/h6-13,24H,1-5H3. The van der Waals surface area contributed by atoms with Gasteiger partial charge in [0.05, 0.1) is 17.8 Å². The van der Waals surface area contributed by atoms with Crippen molar-refractivity contribution in [2.24, 2.45) is 0 Å². The monoisotopic (exact) mass is 461 g/mol. The molecule has 0 aliphatic carbocycles. The fourth-order valence-corrected chi connectivity index (χ4v) is 4.40. The van der Waals surface area contributed by atoms with Crippen LogP contribution in [0.2, 0.25) is 0 Å². The van der Waals surface area contributed by atoms with Crippen LogP contribution >= 0.6 is 15.9 Å². The van der Waals surface area contributed by atoms with Gasteiger partial charge in [-0.1, -0.05) is 39.0 Å². The quantitative estimate of drug-likeness (QED) is 0.522. The summed E-state index contributed by atoms with van der Waals surface area (Å²) >= 11 is 3.64. The van der Waals surface area contributed by atoms with E-state index in [4.69, 9.17) is 4.74 Å². The molecule has 3 aromatic carbocycles. The van der Waals surface area contributed by atoms with Gasteiger partial charge in [0, 0.05) is 11.3 Å². The maximum atomic E-state index is 11.4. The van der Waals surface area contributed by atoms with E-state index in [0.717, 1.165) is 43.9 Å². The molecule has 148 valence electrons. The molecule has 0 unspecified atom stereocenters. The van der Waals surface area contributed by atoms with Crippen molar-refractivity contribution in [1.82, 2.24) is 0 Å². The van der Waals surface area contributed by atoms with E-state index in [0.29, 0.717) is 5.69 Å². The Hall–Kier alpha value is -2.05. The lowest BCUT2D eigenvalue weighted by molar-refractivity contribution is 0.395. The molecule has 3 rings (SSSR count). The number of nitrogens with one attached hydrogen (secondary N) is 1. The first-order chi connectivity index (χ1) is 13.0. The van der Waals surface area contributed by atoms with Crippen LogP contribution in [0.1, 0.15) is 26.3 Å². The highest BCUT2D eigenvalue weighted by molar-refractivity contribution is 9.10. The number of ether oxygens (including phenoxy) is 1. The predicted molar refractivity (Wildman–Crippen MR) is 121 cm³/mol. The van der Waals surface area contributed by atoms with Crippen molar-refractivity contribution < 1.29 is 13.2 Å². The Bertz CT molecular complexity index is 1150. The topological polar surface area (TPSA) is 55.4 Å². The number of halogens is 1. The number of sulfonamides is 1. The molecule has 6 heteroatoms. The van der Waals surface area contributed by atoms with Crippen molar-refractivity contribution in [3.05, 3.63) is 58.6 Å². The lowest BCUT2D eigenvalue weighted by atomic mass is 9.84. The van der Waals surface area contributed by atoms with Gasteiger partial charge in [0.2, 0.25) is 10.0 Å². The van der Waals surface area contributed by atoms with Gasteiger partial charge in [-0.2, -0.15) is 0 Å². The summed E-state index contributed by atoms with van der Waals surface area (Å²) in [6.45, 7) is 6.49. The van der Waals surface area contributed by atoms with Crippen LogP contribution in [0.15, 0.2) is 53.0 Å². The molecule has 0 fully saturated rings. The SMILES string of the molecule is COc1c(Br)cc(-c2ccc3cc(NS(C)(=O)=O)ccc3c2)cc1C(C)(C)C. The van der Waals surface area contributed by atoms with Gasteiger partial charge in [-0.05, 0) is 73.6 Å². The average molecular weight is 462 g/mol. The molecule has 0 amide bonds. The Morgan fingerprint density at radius 3 is 2.18 bits per heavy atom. The van der Waals surface area contributed by atoms with Gasteiger partial charge in [-0.15, -0.1) is 0 Å². The number of benzene rings is 3. The van der Waals surface area contributed by atoms with E-state index in [-0.39, 0.29) is 5.41 Å².